The molecule has 2 heteroatoms. The highest BCUT2D eigenvalue weighted by Gasteiger charge is 2.14. The first-order chi connectivity index (χ1) is 8.33. The third kappa shape index (κ3) is 7.77. The van der Waals surface area contributed by atoms with E-state index in [-0.39, 0.29) is 0 Å². The Morgan fingerprint density at radius 2 is 1.65 bits per heavy atom. The summed E-state index contributed by atoms with van der Waals surface area (Å²) in [5.74, 6) is 0.946. The summed E-state index contributed by atoms with van der Waals surface area (Å²) < 4.78 is 0. The van der Waals surface area contributed by atoms with Gasteiger partial charge in [0.15, 0.2) is 0 Å². The Balaban J connectivity index is 1.91. The van der Waals surface area contributed by atoms with Gasteiger partial charge in [0.25, 0.3) is 0 Å². The Morgan fingerprint density at radius 1 is 1.00 bits per heavy atom. The van der Waals surface area contributed by atoms with Crippen molar-refractivity contribution in [3.63, 3.8) is 0 Å². The molecule has 0 aromatic carbocycles. The monoisotopic (exact) mass is 240 g/mol. The van der Waals surface area contributed by atoms with Crippen molar-refractivity contribution in [3.05, 3.63) is 0 Å². The van der Waals surface area contributed by atoms with Crippen molar-refractivity contribution in [2.45, 2.75) is 58.3 Å². The van der Waals surface area contributed by atoms with Crippen molar-refractivity contribution in [3.8, 4) is 0 Å². The van der Waals surface area contributed by atoms with Crippen LogP contribution in [0.3, 0.4) is 0 Å². The first-order valence-corrected chi connectivity index (χ1v) is 7.72. The van der Waals surface area contributed by atoms with E-state index in [2.05, 4.69) is 24.2 Å². The molecule has 17 heavy (non-hydrogen) atoms. The quantitative estimate of drug-likeness (QED) is 0.622. The number of nitrogens with one attached hydrogen (secondary N) is 1. The number of hydrogen-bond acceptors (Lipinski definition) is 2. The predicted molar refractivity (Wildman–Crippen MR) is 76.5 cm³/mol. The first kappa shape index (κ1) is 15.0. The van der Waals surface area contributed by atoms with Crippen LogP contribution in [0.1, 0.15) is 58.3 Å². The average molecular weight is 240 g/mol. The van der Waals surface area contributed by atoms with E-state index >= 15 is 0 Å². The molecule has 0 radical (unpaired) electrons. The summed E-state index contributed by atoms with van der Waals surface area (Å²) >= 11 is 0. The highest BCUT2D eigenvalue weighted by molar-refractivity contribution is 4.71. The normalized spacial score (nSPS) is 17.8. The molecule has 0 aromatic heterocycles. The molecule has 0 atom stereocenters. The fraction of sp³-hybridized carbons (Fsp3) is 1.00. The lowest BCUT2D eigenvalue weighted by molar-refractivity contribution is 0.236. The van der Waals surface area contributed by atoms with E-state index in [9.17, 15) is 0 Å². The number of unbranched alkanes of at least 4 members (excludes halogenated alkanes) is 5. The van der Waals surface area contributed by atoms with Crippen molar-refractivity contribution in [1.29, 1.82) is 0 Å². The largest absolute Gasteiger partial charge is 0.317 e. The van der Waals surface area contributed by atoms with Gasteiger partial charge in [-0.2, -0.15) is 0 Å². The van der Waals surface area contributed by atoms with Crippen LogP contribution in [0.5, 0.6) is 0 Å². The Hall–Kier alpha value is -0.0800. The Kier molecular flexibility index (Phi) is 8.72. The Morgan fingerprint density at radius 3 is 2.35 bits per heavy atom. The van der Waals surface area contributed by atoms with E-state index < -0.39 is 0 Å². The molecule has 2 nitrogen and oxygen atoms in total. The second-order valence-corrected chi connectivity index (χ2v) is 5.72. The van der Waals surface area contributed by atoms with Gasteiger partial charge in [-0.1, -0.05) is 39.0 Å². The fourth-order valence-corrected chi connectivity index (χ4v) is 2.76. The molecule has 0 aliphatic carbocycles. The zero-order valence-corrected chi connectivity index (χ0v) is 12.0. The van der Waals surface area contributed by atoms with Crippen LogP contribution in [0, 0.1) is 5.92 Å². The summed E-state index contributed by atoms with van der Waals surface area (Å²) in [5, 5.41) is 3.44. The van der Waals surface area contributed by atoms with E-state index in [0.717, 1.165) is 5.92 Å². The number of piperidine rings is 1. The smallest absolute Gasteiger partial charge is 0.000755 e. The maximum Gasteiger partial charge on any atom is 0.000755 e. The van der Waals surface area contributed by atoms with Gasteiger partial charge < -0.3 is 10.2 Å². The molecule has 0 amide bonds. The van der Waals surface area contributed by atoms with Gasteiger partial charge in [0.05, 0.1) is 0 Å². The summed E-state index contributed by atoms with van der Waals surface area (Å²) in [6.45, 7) is 7.37. The van der Waals surface area contributed by atoms with Crippen LogP contribution in [-0.4, -0.2) is 38.1 Å². The molecule has 1 heterocycles. The van der Waals surface area contributed by atoms with Crippen molar-refractivity contribution < 1.29 is 0 Å². The minimum absolute atomic E-state index is 0.946. The number of hydrogen-bond donors (Lipinski definition) is 1. The van der Waals surface area contributed by atoms with Crippen molar-refractivity contribution in [2.75, 3.05) is 33.2 Å². The van der Waals surface area contributed by atoms with E-state index in [0.29, 0.717) is 0 Å². The molecule has 0 aromatic rings. The van der Waals surface area contributed by atoms with Crippen molar-refractivity contribution >= 4 is 0 Å². The molecule has 0 bridgehead atoms. The third-order valence-corrected chi connectivity index (χ3v) is 3.92. The number of nitrogens with zero attached hydrogens (tertiary/aromatic N) is 1. The average Bonchev–Trinajstić information content (AvgIpc) is 2.35. The molecular formula is C15H32N2. The minimum atomic E-state index is 0.946. The van der Waals surface area contributed by atoms with Crippen LogP contribution >= 0.6 is 0 Å². The summed E-state index contributed by atoms with van der Waals surface area (Å²) in [6.07, 6.45) is 11.2. The molecule has 1 aliphatic rings. The fourth-order valence-electron chi connectivity index (χ4n) is 2.76. The molecular weight excluding hydrogens is 208 g/mol. The maximum atomic E-state index is 3.44. The lowest BCUT2D eigenvalue weighted by Crippen LogP contribution is -2.34. The highest BCUT2D eigenvalue weighted by atomic mass is 15.1. The number of rotatable bonds is 9. The van der Waals surface area contributed by atoms with Gasteiger partial charge in [0, 0.05) is 6.54 Å². The highest BCUT2D eigenvalue weighted by Crippen LogP contribution is 2.13. The molecule has 1 fully saturated rings. The van der Waals surface area contributed by atoms with Crippen LogP contribution in [0.4, 0.5) is 0 Å². The van der Waals surface area contributed by atoms with E-state index in [4.69, 9.17) is 0 Å². The summed E-state index contributed by atoms with van der Waals surface area (Å²) in [4.78, 5) is 2.55. The zero-order valence-electron chi connectivity index (χ0n) is 12.0. The SMILES string of the molecule is CCCCCCCCN(C)CC1CCNCC1. The van der Waals surface area contributed by atoms with Gasteiger partial charge in [-0.15, -0.1) is 0 Å². The zero-order chi connectivity index (χ0) is 12.3. The lowest BCUT2D eigenvalue weighted by Gasteiger charge is -2.27. The molecule has 0 spiro atoms. The summed E-state index contributed by atoms with van der Waals surface area (Å²) in [6, 6.07) is 0. The molecule has 1 N–H and O–H groups in total. The molecule has 0 saturated carbocycles. The van der Waals surface area contributed by atoms with Gasteiger partial charge >= 0.3 is 0 Å². The van der Waals surface area contributed by atoms with Crippen LogP contribution in [0.2, 0.25) is 0 Å². The second kappa shape index (κ2) is 9.90. The molecule has 1 aliphatic heterocycles. The van der Waals surface area contributed by atoms with Gasteiger partial charge in [-0.3, -0.25) is 0 Å². The summed E-state index contributed by atoms with van der Waals surface area (Å²) in [5.41, 5.74) is 0. The van der Waals surface area contributed by atoms with Crippen LogP contribution in [0.25, 0.3) is 0 Å². The molecule has 0 unspecified atom stereocenters. The van der Waals surface area contributed by atoms with Crippen LogP contribution < -0.4 is 5.32 Å². The van der Waals surface area contributed by atoms with E-state index in [1.54, 1.807) is 0 Å². The molecule has 1 rings (SSSR count). The topological polar surface area (TPSA) is 15.3 Å². The standard InChI is InChI=1S/C15H32N2/c1-3-4-5-6-7-8-13-17(2)14-15-9-11-16-12-10-15/h15-16H,3-14H2,1-2H3. The van der Waals surface area contributed by atoms with Crippen LogP contribution in [-0.2, 0) is 0 Å². The van der Waals surface area contributed by atoms with Gasteiger partial charge in [0.2, 0.25) is 0 Å². The van der Waals surface area contributed by atoms with Gasteiger partial charge in [-0.25, -0.2) is 0 Å². The van der Waals surface area contributed by atoms with Crippen molar-refractivity contribution in [2.24, 2.45) is 5.92 Å². The predicted octanol–water partition coefficient (Wildman–Crippen LogP) is 3.28. The van der Waals surface area contributed by atoms with Crippen molar-refractivity contribution in [1.82, 2.24) is 10.2 Å². The first-order valence-electron chi connectivity index (χ1n) is 7.72. The van der Waals surface area contributed by atoms with Crippen LogP contribution in [0.15, 0.2) is 0 Å². The van der Waals surface area contributed by atoms with E-state index in [1.165, 1.54) is 77.5 Å². The summed E-state index contributed by atoms with van der Waals surface area (Å²) in [7, 11) is 2.30. The molecule has 1 saturated heterocycles. The van der Waals surface area contributed by atoms with E-state index in [1.807, 2.05) is 0 Å². The Bertz CT molecular complexity index is 164. The minimum Gasteiger partial charge on any atom is -0.317 e. The second-order valence-electron chi connectivity index (χ2n) is 5.72. The third-order valence-electron chi connectivity index (χ3n) is 3.92. The lowest BCUT2D eigenvalue weighted by atomic mass is 9.97. The molecule has 102 valence electrons. The van der Waals surface area contributed by atoms with Gasteiger partial charge in [0.1, 0.15) is 0 Å². The Labute approximate surface area is 108 Å². The van der Waals surface area contributed by atoms with Gasteiger partial charge in [-0.05, 0) is 51.9 Å². The maximum absolute atomic E-state index is 3.44.